The molecule has 1 saturated carbocycles. The van der Waals surface area contributed by atoms with Crippen LogP contribution in [0.4, 0.5) is 5.69 Å². The van der Waals surface area contributed by atoms with Gasteiger partial charge in [-0.15, -0.1) is 0 Å². The van der Waals surface area contributed by atoms with Gasteiger partial charge in [-0.2, -0.15) is 0 Å². The van der Waals surface area contributed by atoms with Crippen LogP contribution in [0.2, 0.25) is 5.02 Å². The number of halogens is 1. The lowest BCUT2D eigenvalue weighted by Gasteiger charge is -2.29. The minimum Gasteiger partial charge on any atom is -0.496 e. The molecule has 7 heteroatoms. The lowest BCUT2D eigenvalue weighted by atomic mass is 9.89. The average molecular weight is 483 g/mol. The van der Waals surface area contributed by atoms with Crippen molar-refractivity contribution in [1.29, 1.82) is 0 Å². The van der Waals surface area contributed by atoms with Crippen molar-refractivity contribution in [3.63, 3.8) is 0 Å². The summed E-state index contributed by atoms with van der Waals surface area (Å²) in [5.74, 6) is 2.19. The summed E-state index contributed by atoms with van der Waals surface area (Å²) in [6, 6.07) is 8.06. The molecular formula is C27H35ClN4O2. The molecule has 34 heavy (non-hydrogen) atoms. The molecule has 1 aromatic carbocycles. The van der Waals surface area contributed by atoms with E-state index < -0.39 is 0 Å². The molecule has 1 aliphatic heterocycles. The highest BCUT2D eigenvalue weighted by atomic mass is 35.5. The molecule has 0 N–H and O–H groups in total. The standard InChI is InChI=1S/C27H35ClN4O2/c1-33-25-17-26(34-2)23(28)16-22(25)24-19-32-12-9-21(15-27(32)29-24)31-11-6-10-30(13-14-31)18-20-7-4-3-5-8-20/h9,12,15-17,19-20H,3-8,10-11,13-14,18H2,1-2H3. The molecular weight excluding hydrogens is 448 g/mol. The van der Waals surface area contributed by atoms with Gasteiger partial charge < -0.3 is 23.7 Å². The molecule has 3 heterocycles. The van der Waals surface area contributed by atoms with Crippen molar-refractivity contribution in [3.05, 3.63) is 41.7 Å². The third-order valence-electron chi connectivity index (χ3n) is 7.39. The van der Waals surface area contributed by atoms with Crippen LogP contribution in [0, 0.1) is 5.92 Å². The normalized spacial score (nSPS) is 18.3. The summed E-state index contributed by atoms with van der Waals surface area (Å²) in [5.41, 5.74) is 3.84. The number of ether oxygens (including phenoxy) is 2. The number of imidazole rings is 1. The molecule has 2 aromatic heterocycles. The van der Waals surface area contributed by atoms with E-state index in [4.69, 9.17) is 26.1 Å². The zero-order valence-corrected chi connectivity index (χ0v) is 21.1. The summed E-state index contributed by atoms with van der Waals surface area (Å²) in [6.07, 6.45) is 12.4. The summed E-state index contributed by atoms with van der Waals surface area (Å²) < 4.78 is 13.0. The van der Waals surface area contributed by atoms with Crippen LogP contribution in [0.15, 0.2) is 36.7 Å². The van der Waals surface area contributed by atoms with Gasteiger partial charge in [-0.25, -0.2) is 4.98 Å². The predicted molar refractivity (Wildman–Crippen MR) is 139 cm³/mol. The number of hydrogen-bond acceptors (Lipinski definition) is 5. The smallest absolute Gasteiger partial charge is 0.141 e. The molecule has 182 valence electrons. The van der Waals surface area contributed by atoms with Gasteiger partial charge in [0.1, 0.15) is 17.1 Å². The van der Waals surface area contributed by atoms with Crippen LogP contribution in [0.25, 0.3) is 16.9 Å². The summed E-state index contributed by atoms with van der Waals surface area (Å²) in [7, 11) is 3.25. The number of nitrogens with zero attached hydrogens (tertiary/aromatic N) is 4. The Kier molecular flexibility index (Phi) is 7.16. The van der Waals surface area contributed by atoms with E-state index in [9.17, 15) is 0 Å². The molecule has 0 radical (unpaired) electrons. The van der Waals surface area contributed by atoms with Gasteiger partial charge in [0.15, 0.2) is 0 Å². The Bertz CT molecular complexity index is 1130. The number of rotatable bonds is 6. The second-order valence-corrected chi connectivity index (χ2v) is 10.0. The van der Waals surface area contributed by atoms with Crippen molar-refractivity contribution in [2.75, 3.05) is 51.8 Å². The van der Waals surface area contributed by atoms with Crippen molar-refractivity contribution >= 4 is 22.9 Å². The van der Waals surface area contributed by atoms with Gasteiger partial charge in [-0.3, -0.25) is 0 Å². The first kappa shape index (κ1) is 23.3. The zero-order chi connectivity index (χ0) is 23.5. The Morgan fingerprint density at radius 3 is 2.56 bits per heavy atom. The fourth-order valence-corrected chi connectivity index (χ4v) is 5.75. The summed E-state index contributed by atoms with van der Waals surface area (Å²) in [5, 5.41) is 0.540. The van der Waals surface area contributed by atoms with E-state index in [1.165, 1.54) is 57.3 Å². The SMILES string of the molecule is COc1cc(OC)c(-c2cn3ccc(N4CCCN(CC5CCCCC5)CC4)cc3n2)cc1Cl. The number of aromatic nitrogens is 2. The van der Waals surface area contributed by atoms with Crippen molar-refractivity contribution in [3.8, 4) is 22.8 Å². The second kappa shape index (κ2) is 10.4. The third-order valence-corrected chi connectivity index (χ3v) is 7.68. The van der Waals surface area contributed by atoms with Gasteiger partial charge >= 0.3 is 0 Å². The van der Waals surface area contributed by atoms with Crippen molar-refractivity contribution in [2.24, 2.45) is 5.92 Å². The molecule has 2 fully saturated rings. The van der Waals surface area contributed by atoms with E-state index in [0.717, 1.165) is 42.5 Å². The second-order valence-electron chi connectivity index (χ2n) is 9.61. The highest BCUT2D eigenvalue weighted by Gasteiger charge is 2.21. The summed E-state index contributed by atoms with van der Waals surface area (Å²) in [6.45, 7) is 5.79. The highest BCUT2D eigenvalue weighted by Crippen LogP contribution is 2.38. The van der Waals surface area contributed by atoms with Gasteiger partial charge in [0.25, 0.3) is 0 Å². The first-order valence-electron chi connectivity index (χ1n) is 12.5. The maximum absolute atomic E-state index is 6.40. The Labute approximate surface area is 207 Å². The van der Waals surface area contributed by atoms with Gasteiger partial charge in [0, 0.05) is 62.0 Å². The van der Waals surface area contributed by atoms with Crippen LogP contribution in [0.3, 0.4) is 0 Å². The van der Waals surface area contributed by atoms with Crippen LogP contribution in [0.1, 0.15) is 38.5 Å². The molecule has 1 aliphatic carbocycles. The first-order valence-corrected chi connectivity index (χ1v) is 12.9. The molecule has 0 spiro atoms. The van der Waals surface area contributed by atoms with Crippen LogP contribution in [0.5, 0.6) is 11.5 Å². The van der Waals surface area contributed by atoms with Crippen molar-refractivity contribution in [1.82, 2.24) is 14.3 Å². The molecule has 1 saturated heterocycles. The fourth-order valence-electron chi connectivity index (χ4n) is 5.50. The quantitative estimate of drug-likeness (QED) is 0.446. The molecule has 0 unspecified atom stereocenters. The van der Waals surface area contributed by atoms with Crippen LogP contribution in [-0.4, -0.2) is 61.2 Å². The number of methoxy groups -OCH3 is 2. The maximum atomic E-state index is 6.40. The average Bonchev–Trinajstić information content (AvgIpc) is 3.15. The van der Waals surface area contributed by atoms with E-state index in [2.05, 4.69) is 32.5 Å². The first-order chi connectivity index (χ1) is 16.6. The molecule has 3 aromatic rings. The molecule has 0 amide bonds. The highest BCUT2D eigenvalue weighted by molar-refractivity contribution is 6.32. The van der Waals surface area contributed by atoms with E-state index in [0.29, 0.717) is 16.5 Å². The monoisotopic (exact) mass is 482 g/mol. The van der Waals surface area contributed by atoms with Crippen LogP contribution < -0.4 is 14.4 Å². The third kappa shape index (κ3) is 4.98. The number of fused-ring (bicyclic) bond motifs is 1. The number of hydrogen-bond donors (Lipinski definition) is 0. The predicted octanol–water partition coefficient (Wildman–Crippen LogP) is 5.76. The van der Waals surface area contributed by atoms with Crippen LogP contribution >= 0.6 is 11.6 Å². The van der Waals surface area contributed by atoms with Crippen molar-refractivity contribution < 1.29 is 9.47 Å². The zero-order valence-electron chi connectivity index (χ0n) is 20.3. The Morgan fingerprint density at radius 1 is 0.941 bits per heavy atom. The summed E-state index contributed by atoms with van der Waals surface area (Å²) >= 11 is 6.40. The van der Waals surface area contributed by atoms with Crippen LogP contribution in [-0.2, 0) is 0 Å². The van der Waals surface area contributed by atoms with E-state index in [-0.39, 0.29) is 0 Å². The maximum Gasteiger partial charge on any atom is 0.141 e. The Hall–Kier alpha value is -2.44. The molecule has 0 atom stereocenters. The lowest BCUT2D eigenvalue weighted by molar-refractivity contribution is 0.211. The topological polar surface area (TPSA) is 42.2 Å². The largest absolute Gasteiger partial charge is 0.496 e. The van der Waals surface area contributed by atoms with Gasteiger partial charge in [-0.05, 0) is 43.9 Å². The number of anilines is 1. The van der Waals surface area contributed by atoms with E-state index >= 15 is 0 Å². The minimum atomic E-state index is 0.540. The summed E-state index contributed by atoms with van der Waals surface area (Å²) in [4.78, 5) is 10.1. The van der Waals surface area contributed by atoms with Crippen molar-refractivity contribution in [2.45, 2.75) is 38.5 Å². The number of benzene rings is 1. The van der Waals surface area contributed by atoms with E-state index in [1.54, 1.807) is 14.2 Å². The lowest BCUT2D eigenvalue weighted by Crippen LogP contribution is -2.34. The Balaban J connectivity index is 1.33. The van der Waals surface area contributed by atoms with Gasteiger partial charge in [0.05, 0.1) is 24.9 Å². The van der Waals surface area contributed by atoms with Gasteiger partial charge in [0.2, 0.25) is 0 Å². The van der Waals surface area contributed by atoms with E-state index in [1.807, 2.05) is 18.3 Å². The molecule has 6 nitrogen and oxygen atoms in total. The van der Waals surface area contributed by atoms with Gasteiger partial charge in [-0.1, -0.05) is 30.9 Å². The fraction of sp³-hybridized carbons (Fsp3) is 0.519. The number of pyridine rings is 1. The molecule has 0 bridgehead atoms. The minimum absolute atomic E-state index is 0.540. The molecule has 2 aliphatic rings. The molecule has 5 rings (SSSR count). The Morgan fingerprint density at radius 2 is 1.76 bits per heavy atom.